The molecule has 24 heavy (non-hydrogen) atoms. The molecule has 0 aliphatic heterocycles. The van der Waals surface area contributed by atoms with Crippen molar-refractivity contribution in [1.82, 2.24) is 9.38 Å². The van der Waals surface area contributed by atoms with Crippen LogP contribution >= 0.6 is 22.9 Å². The molecule has 0 aliphatic rings. The number of thiazole rings is 1. The van der Waals surface area contributed by atoms with Crippen LogP contribution in [-0.4, -0.2) is 14.3 Å². The first-order valence-corrected chi connectivity index (χ1v) is 8.09. The average molecular weight is 358 g/mol. The highest BCUT2D eigenvalue weighted by molar-refractivity contribution is 7.15. The summed E-state index contributed by atoms with van der Waals surface area (Å²) in [5.41, 5.74) is 1.53. The summed E-state index contributed by atoms with van der Waals surface area (Å²) in [6.45, 7) is 0. The van der Waals surface area contributed by atoms with E-state index in [2.05, 4.69) is 4.98 Å². The van der Waals surface area contributed by atoms with Crippen LogP contribution in [0, 0.1) is 10.1 Å². The Morgan fingerprint density at radius 1 is 1.21 bits per heavy atom. The van der Waals surface area contributed by atoms with Crippen LogP contribution in [0.1, 0.15) is 5.56 Å². The molecule has 0 N–H and O–H groups in total. The summed E-state index contributed by atoms with van der Waals surface area (Å²) in [5, 5.41) is 11.6. The highest BCUT2D eigenvalue weighted by Gasteiger charge is 2.14. The zero-order chi connectivity index (χ0) is 16.8. The zero-order valence-corrected chi connectivity index (χ0v) is 13.5. The molecular weight excluding hydrogens is 350 g/mol. The number of nitro benzene ring substituents is 1. The highest BCUT2D eigenvalue weighted by atomic mass is 35.5. The van der Waals surface area contributed by atoms with E-state index >= 15 is 0 Å². The molecule has 6 nitrogen and oxygen atoms in total. The molecule has 2 aromatic heterocycles. The Morgan fingerprint density at radius 3 is 2.67 bits per heavy atom. The fourth-order valence-corrected chi connectivity index (χ4v) is 3.59. The number of hydrogen-bond donors (Lipinski definition) is 0. The van der Waals surface area contributed by atoms with Crippen LogP contribution in [0.15, 0.2) is 47.3 Å². The van der Waals surface area contributed by atoms with Gasteiger partial charge in [-0.2, -0.15) is 0 Å². The Kier molecular flexibility index (Phi) is 3.33. The molecule has 0 saturated carbocycles. The number of halogens is 1. The lowest BCUT2D eigenvalue weighted by Gasteiger charge is -1.92. The third-order valence-electron chi connectivity index (χ3n) is 3.60. The van der Waals surface area contributed by atoms with E-state index in [0.29, 0.717) is 25.5 Å². The van der Waals surface area contributed by atoms with Crippen molar-refractivity contribution in [1.29, 1.82) is 0 Å². The predicted molar refractivity (Wildman–Crippen MR) is 93.7 cm³/mol. The number of nitro groups is 1. The number of non-ortho nitro benzene ring substituents is 1. The van der Waals surface area contributed by atoms with Gasteiger partial charge in [0.2, 0.25) is 0 Å². The molecule has 0 bridgehead atoms. The van der Waals surface area contributed by atoms with Crippen LogP contribution in [0.3, 0.4) is 0 Å². The van der Waals surface area contributed by atoms with Gasteiger partial charge in [0.05, 0.1) is 20.5 Å². The third-order valence-corrected chi connectivity index (χ3v) is 4.82. The van der Waals surface area contributed by atoms with Crippen LogP contribution < -0.4 is 10.1 Å². The standard InChI is InChI=1S/C16H8ClN3O3S/c17-10-3-1-9(2-4-10)7-14-15(21)19-13-8-11(20(22)23)5-6-12(13)18-16(19)24-14/h1-8H/b14-7+. The van der Waals surface area contributed by atoms with Gasteiger partial charge in [-0.3, -0.25) is 14.9 Å². The van der Waals surface area contributed by atoms with Gasteiger partial charge < -0.3 is 0 Å². The first kappa shape index (κ1) is 14.8. The normalized spacial score (nSPS) is 12.3. The van der Waals surface area contributed by atoms with E-state index in [1.54, 1.807) is 24.3 Å². The second-order valence-corrected chi connectivity index (χ2v) is 6.57. The van der Waals surface area contributed by atoms with Crippen LogP contribution in [0.2, 0.25) is 5.02 Å². The van der Waals surface area contributed by atoms with Crippen LogP contribution in [-0.2, 0) is 0 Å². The van der Waals surface area contributed by atoms with Gasteiger partial charge in [-0.05, 0) is 29.8 Å². The Bertz CT molecular complexity index is 1210. The minimum Gasteiger partial charge on any atom is -0.267 e. The number of benzene rings is 2. The van der Waals surface area contributed by atoms with Crippen molar-refractivity contribution >= 4 is 50.7 Å². The van der Waals surface area contributed by atoms with Crippen molar-refractivity contribution in [2.45, 2.75) is 0 Å². The molecule has 4 rings (SSSR count). The van der Waals surface area contributed by atoms with E-state index in [1.807, 2.05) is 12.1 Å². The van der Waals surface area contributed by atoms with Gasteiger partial charge in [0.25, 0.3) is 11.2 Å². The van der Waals surface area contributed by atoms with Gasteiger partial charge in [-0.25, -0.2) is 9.38 Å². The maximum Gasteiger partial charge on any atom is 0.274 e. The predicted octanol–water partition coefficient (Wildman–Crippen LogP) is 3.02. The summed E-state index contributed by atoms with van der Waals surface area (Å²) in [6.07, 6.45) is 1.75. The van der Waals surface area contributed by atoms with Crippen LogP contribution in [0.25, 0.3) is 22.1 Å². The van der Waals surface area contributed by atoms with Crippen molar-refractivity contribution in [3.05, 3.63) is 78.1 Å². The van der Waals surface area contributed by atoms with Gasteiger partial charge in [-0.1, -0.05) is 35.1 Å². The molecular formula is C16H8ClN3O3S. The SMILES string of the molecule is O=c1/c(=C\c2ccc(Cl)cc2)sc2nc3ccc([N+](=O)[O-])cc3n12. The Labute approximate surface area is 143 Å². The average Bonchev–Trinajstić information content (AvgIpc) is 3.06. The number of aromatic nitrogens is 2. The summed E-state index contributed by atoms with van der Waals surface area (Å²) >= 11 is 7.10. The number of rotatable bonds is 2. The van der Waals surface area contributed by atoms with E-state index in [9.17, 15) is 14.9 Å². The first-order valence-electron chi connectivity index (χ1n) is 6.89. The molecule has 0 fully saturated rings. The molecule has 0 radical (unpaired) electrons. The Hall–Kier alpha value is -2.77. The second-order valence-electron chi connectivity index (χ2n) is 5.13. The Morgan fingerprint density at radius 2 is 1.96 bits per heavy atom. The lowest BCUT2D eigenvalue weighted by Crippen LogP contribution is -2.22. The van der Waals surface area contributed by atoms with Gasteiger partial charge in [0, 0.05) is 17.2 Å². The van der Waals surface area contributed by atoms with Gasteiger partial charge in [0.15, 0.2) is 4.96 Å². The van der Waals surface area contributed by atoms with Crippen molar-refractivity contribution in [3.8, 4) is 0 Å². The Balaban J connectivity index is 1.98. The highest BCUT2D eigenvalue weighted by Crippen LogP contribution is 2.21. The van der Waals surface area contributed by atoms with E-state index in [4.69, 9.17) is 11.6 Å². The largest absolute Gasteiger partial charge is 0.274 e. The van der Waals surface area contributed by atoms with Crippen molar-refractivity contribution in [3.63, 3.8) is 0 Å². The molecule has 0 saturated heterocycles. The number of nitrogens with zero attached hydrogens (tertiary/aromatic N) is 3. The summed E-state index contributed by atoms with van der Waals surface area (Å²) < 4.78 is 1.92. The molecule has 8 heteroatoms. The van der Waals surface area contributed by atoms with Crippen molar-refractivity contribution in [2.75, 3.05) is 0 Å². The van der Waals surface area contributed by atoms with E-state index < -0.39 is 4.92 Å². The fourth-order valence-electron chi connectivity index (χ4n) is 2.47. The maximum absolute atomic E-state index is 12.7. The third kappa shape index (κ3) is 2.34. The summed E-state index contributed by atoms with van der Waals surface area (Å²) in [7, 11) is 0. The molecule has 0 atom stereocenters. The molecule has 2 aromatic carbocycles. The molecule has 0 amide bonds. The fraction of sp³-hybridized carbons (Fsp3) is 0. The van der Waals surface area contributed by atoms with E-state index in [1.165, 1.54) is 27.9 Å². The summed E-state index contributed by atoms with van der Waals surface area (Å²) in [4.78, 5) is 28.0. The number of imidazole rings is 1. The molecule has 0 unspecified atom stereocenters. The van der Waals surface area contributed by atoms with Crippen molar-refractivity contribution < 1.29 is 4.92 Å². The quantitative estimate of drug-likeness (QED) is 0.408. The molecule has 2 heterocycles. The lowest BCUT2D eigenvalue weighted by atomic mass is 10.2. The molecule has 0 aliphatic carbocycles. The van der Waals surface area contributed by atoms with Gasteiger partial charge >= 0.3 is 0 Å². The van der Waals surface area contributed by atoms with Crippen LogP contribution in [0.4, 0.5) is 5.69 Å². The minimum absolute atomic E-state index is 0.0712. The summed E-state index contributed by atoms with van der Waals surface area (Å²) in [5.74, 6) is 0. The maximum atomic E-state index is 12.7. The monoisotopic (exact) mass is 357 g/mol. The molecule has 4 aromatic rings. The minimum atomic E-state index is -0.490. The molecule has 118 valence electrons. The van der Waals surface area contributed by atoms with E-state index in [-0.39, 0.29) is 11.2 Å². The second kappa shape index (κ2) is 5.40. The van der Waals surface area contributed by atoms with E-state index in [0.717, 1.165) is 5.56 Å². The zero-order valence-electron chi connectivity index (χ0n) is 12.0. The van der Waals surface area contributed by atoms with Gasteiger partial charge in [0.1, 0.15) is 0 Å². The smallest absolute Gasteiger partial charge is 0.267 e. The van der Waals surface area contributed by atoms with Gasteiger partial charge in [-0.15, -0.1) is 0 Å². The van der Waals surface area contributed by atoms with Crippen molar-refractivity contribution in [2.24, 2.45) is 0 Å². The topological polar surface area (TPSA) is 77.5 Å². The lowest BCUT2D eigenvalue weighted by molar-refractivity contribution is -0.384. The first-order chi connectivity index (χ1) is 11.5. The van der Waals surface area contributed by atoms with Crippen LogP contribution in [0.5, 0.6) is 0 Å². The molecule has 0 spiro atoms. The summed E-state index contributed by atoms with van der Waals surface area (Å²) in [6, 6.07) is 11.4. The number of hydrogen-bond acceptors (Lipinski definition) is 5. The number of fused-ring (bicyclic) bond motifs is 3.